The molecule has 0 saturated carbocycles. The van der Waals surface area contributed by atoms with Crippen LogP contribution in [0.1, 0.15) is 33.3 Å². The first-order valence-electron chi connectivity index (χ1n) is 8.88. The van der Waals surface area contributed by atoms with Gasteiger partial charge in [0.25, 0.3) is 5.91 Å². The molecule has 7 heteroatoms. The van der Waals surface area contributed by atoms with Crippen LogP contribution >= 0.6 is 11.6 Å². The molecule has 0 radical (unpaired) electrons. The molecule has 0 bridgehead atoms. The summed E-state index contributed by atoms with van der Waals surface area (Å²) in [6.45, 7) is 0.177. The fraction of sp³-hybridized carbons (Fsp3) is 0.136. The van der Waals surface area contributed by atoms with E-state index in [0.717, 1.165) is 5.56 Å². The Bertz CT molecular complexity index is 1060. The average Bonchev–Trinajstić information content (AvgIpc) is 2.72. The Morgan fingerprint density at radius 1 is 1.17 bits per heavy atom. The Morgan fingerprint density at radius 2 is 1.97 bits per heavy atom. The number of hydrogen-bond acceptors (Lipinski definition) is 4. The van der Waals surface area contributed by atoms with Crippen LogP contribution in [0, 0.1) is 5.82 Å². The number of halogens is 2. The van der Waals surface area contributed by atoms with Crippen LogP contribution in [0.4, 0.5) is 4.39 Å². The van der Waals surface area contributed by atoms with E-state index in [1.54, 1.807) is 12.1 Å². The van der Waals surface area contributed by atoms with Crippen molar-refractivity contribution in [1.29, 1.82) is 0 Å². The molecule has 29 heavy (non-hydrogen) atoms. The van der Waals surface area contributed by atoms with Crippen LogP contribution in [-0.2, 0) is 18.0 Å². The molecule has 3 aromatic carbocycles. The molecule has 0 saturated heterocycles. The standard InChI is InChI=1S/C22H17ClFNO4/c23-16-6-7-19(18(10-16)21(25)26)27-11-14-8-17(24)9-15-12-28-22(29-20(14)15)13-4-2-1-3-5-13/h1-10,22H,11-12H2,(H2,25,26)/t22-/m1/s1. The van der Waals surface area contributed by atoms with E-state index < -0.39 is 18.0 Å². The number of benzene rings is 3. The molecular formula is C22H17ClFNO4. The van der Waals surface area contributed by atoms with Crippen LogP contribution in [0.5, 0.6) is 11.5 Å². The highest BCUT2D eigenvalue weighted by Crippen LogP contribution is 2.37. The number of primary amides is 1. The number of nitrogens with two attached hydrogens (primary N) is 1. The van der Waals surface area contributed by atoms with Gasteiger partial charge in [0.2, 0.25) is 6.29 Å². The zero-order valence-electron chi connectivity index (χ0n) is 15.2. The second-order valence-electron chi connectivity index (χ2n) is 6.52. The Hall–Kier alpha value is -3.09. The average molecular weight is 414 g/mol. The van der Waals surface area contributed by atoms with Crippen LogP contribution < -0.4 is 15.2 Å². The minimum Gasteiger partial charge on any atom is -0.488 e. The van der Waals surface area contributed by atoms with Crippen LogP contribution in [0.25, 0.3) is 0 Å². The van der Waals surface area contributed by atoms with Crippen molar-refractivity contribution in [2.24, 2.45) is 5.73 Å². The SMILES string of the molecule is NC(=O)c1cc(Cl)ccc1OCc1cc(F)cc2c1O[C@H](c1ccccc1)OC2. The third-order valence-corrected chi connectivity index (χ3v) is 4.72. The maximum absolute atomic E-state index is 14.1. The Balaban J connectivity index is 1.61. The number of carbonyl (C=O) groups is 1. The molecule has 0 unspecified atom stereocenters. The summed E-state index contributed by atoms with van der Waals surface area (Å²) < 4.78 is 31.6. The van der Waals surface area contributed by atoms with Crippen molar-refractivity contribution in [2.75, 3.05) is 0 Å². The lowest BCUT2D eigenvalue weighted by atomic mass is 10.1. The Morgan fingerprint density at radius 3 is 2.72 bits per heavy atom. The van der Waals surface area contributed by atoms with Crippen LogP contribution in [-0.4, -0.2) is 5.91 Å². The molecular weight excluding hydrogens is 397 g/mol. The number of amides is 1. The van der Waals surface area contributed by atoms with E-state index in [0.29, 0.717) is 21.9 Å². The number of carbonyl (C=O) groups excluding carboxylic acids is 1. The molecule has 0 spiro atoms. The Kier molecular flexibility index (Phi) is 5.38. The quantitative estimate of drug-likeness (QED) is 0.654. The van der Waals surface area contributed by atoms with Crippen LogP contribution in [0.2, 0.25) is 5.02 Å². The molecule has 0 aromatic heterocycles. The van der Waals surface area contributed by atoms with E-state index in [-0.39, 0.29) is 24.5 Å². The highest BCUT2D eigenvalue weighted by Gasteiger charge is 2.25. The van der Waals surface area contributed by atoms with E-state index >= 15 is 0 Å². The van der Waals surface area contributed by atoms with Gasteiger partial charge in [-0.1, -0.05) is 41.9 Å². The molecule has 148 valence electrons. The van der Waals surface area contributed by atoms with E-state index in [2.05, 4.69) is 0 Å². The molecule has 1 atom stereocenters. The summed E-state index contributed by atoms with van der Waals surface area (Å²) in [5.74, 6) is -0.343. The summed E-state index contributed by atoms with van der Waals surface area (Å²) in [5.41, 5.74) is 7.47. The van der Waals surface area contributed by atoms with Gasteiger partial charge in [-0.05, 0) is 30.3 Å². The van der Waals surface area contributed by atoms with Gasteiger partial charge in [0.1, 0.15) is 23.9 Å². The first-order chi connectivity index (χ1) is 14.0. The summed E-state index contributed by atoms with van der Waals surface area (Å²) >= 11 is 5.92. The smallest absolute Gasteiger partial charge is 0.252 e. The number of rotatable bonds is 5. The fourth-order valence-electron chi connectivity index (χ4n) is 3.13. The van der Waals surface area contributed by atoms with Gasteiger partial charge >= 0.3 is 0 Å². The van der Waals surface area contributed by atoms with Crippen molar-refractivity contribution >= 4 is 17.5 Å². The highest BCUT2D eigenvalue weighted by molar-refractivity contribution is 6.31. The molecule has 0 fully saturated rings. The zero-order valence-corrected chi connectivity index (χ0v) is 16.0. The van der Waals surface area contributed by atoms with E-state index in [1.165, 1.54) is 18.2 Å². The molecule has 1 amide bonds. The normalized spacial score (nSPS) is 15.3. The summed E-state index contributed by atoms with van der Waals surface area (Å²) in [6, 6.07) is 16.7. The minimum absolute atomic E-state index is 0.0243. The van der Waals surface area contributed by atoms with Crippen molar-refractivity contribution in [1.82, 2.24) is 0 Å². The van der Waals surface area contributed by atoms with Crippen molar-refractivity contribution < 1.29 is 23.4 Å². The zero-order chi connectivity index (χ0) is 20.4. The molecule has 5 nitrogen and oxygen atoms in total. The topological polar surface area (TPSA) is 70.8 Å². The number of ether oxygens (including phenoxy) is 3. The Labute approximate surface area is 171 Å². The first-order valence-corrected chi connectivity index (χ1v) is 9.25. The molecule has 4 rings (SSSR count). The van der Waals surface area contributed by atoms with E-state index in [9.17, 15) is 9.18 Å². The van der Waals surface area contributed by atoms with Crippen molar-refractivity contribution in [3.8, 4) is 11.5 Å². The van der Waals surface area contributed by atoms with Gasteiger partial charge in [-0.25, -0.2) is 4.39 Å². The third kappa shape index (κ3) is 4.18. The van der Waals surface area contributed by atoms with Crippen molar-refractivity contribution in [3.05, 3.63) is 93.8 Å². The predicted octanol–water partition coefficient (Wildman–Crippen LogP) is 4.76. The second-order valence-corrected chi connectivity index (χ2v) is 6.95. The second kappa shape index (κ2) is 8.11. The lowest BCUT2D eigenvalue weighted by molar-refractivity contribution is -0.112. The molecule has 1 heterocycles. The van der Waals surface area contributed by atoms with Gasteiger partial charge in [-0.2, -0.15) is 0 Å². The highest BCUT2D eigenvalue weighted by atomic mass is 35.5. The van der Waals surface area contributed by atoms with Gasteiger partial charge in [-0.3, -0.25) is 4.79 Å². The molecule has 1 aliphatic rings. The molecule has 2 N–H and O–H groups in total. The van der Waals surface area contributed by atoms with Gasteiger partial charge in [0.15, 0.2) is 0 Å². The summed E-state index contributed by atoms with van der Waals surface area (Å²) in [4.78, 5) is 11.7. The number of hydrogen-bond donors (Lipinski definition) is 1. The lowest BCUT2D eigenvalue weighted by Crippen LogP contribution is -2.20. The van der Waals surface area contributed by atoms with E-state index in [4.69, 9.17) is 31.5 Å². The van der Waals surface area contributed by atoms with Gasteiger partial charge in [-0.15, -0.1) is 0 Å². The van der Waals surface area contributed by atoms with E-state index in [1.807, 2.05) is 30.3 Å². The summed E-state index contributed by atoms with van der Waals surface area (Å²) in [6.07, 6.45) is -0.607. The van der Waals surface area contributed by atoms with Crippen molar-refractivity contribution in [2.45, 2.75) is 19.5 Å². The van der Waals surface area contributed by atoms with Crippen molar-refractivity contribution in [3.63, 3.8) is 0 Å². The van der Waals surface area contributed by atoms with Gasteiger partial charge < -0.3 is 19.9 Å². The minimum atomic E-state index is -0.669. The third-order valence-electron chi connectivity index (χ3n) is 4.48. The van der Waals surface area contributed by atoms with Crippen LogP contribution in [0.15, 0.2) is 60.7 Å². The predicted molar refractivity (Wildman–Crippen MR) is 105 cm³/mol. The fourth-order valence-corrected chi connectivity index (χ4v) is 3.31. The summed E-state index contributed by atoms with van der Waals surface area (Å²) in [5, 5.41) is 0.362. The largest absolute Gasteiger partial charge is 0.488 e. The molecule has 0 aliphatic carbocycles. The maximum Gasteiger partial charge on any atom is 0.252 e. The maximum atomic E-state index is 14.1. The van der Waals surface area contributed by atoms with Crippen LogP contribution in [0.3, 0.4) is 0 Å². The van der Waals surface area contributed by atoms with Gasteiger partial charge in [0.05, 0.1) is 12.2 Å². The monoisotopic (exact) mass is 413 g/mol. The summed E-state index contributed by atoms with van der Waals surface area (Å²) in [7, 11) is 0. The van der Waals surface area contributed by atoms with Gasteiger partial charge in [0, 0.05) is 21.7 Å². The molecule has 1 aliphatic heterocycles. The first kappa shape index (κ1) is 19.2. The molecule has 3 aromatic rings. The lowest BCUT2D eigenvalue weighted by Gasteiger charge is -2.28. The number of fused-ring (bicyclic) bond motifs is 1.